The Morgan fingerprint density at radius 2 is 0.717 bits per heavy atom. The SMILES string of the molecule is c1ccc(-c2nc(-c3ccccc3)nc(-c3cccc(-c4cccc(-c5ccccc5)c4-c4ccc5ccccc5c4)c3)n2)cc1. The van der Waals surface area contributed by atoms with Gasteiger partial charge in [0.2, 0.25) is 0 Å². The van der Waals surface area contributed by atoms with Gasteiger partial charge in [0, 0.05) is 16.7 Å². The van der Waals surface area contributed by atoms with Crippen molar-refractivity contribution in [1.29, 1.82) is 0 Å². The number of hydrogen-bond acceptors (Lipinski definition) is 3. The molecule has 0 spiro atoms. The Kier molecular flexibility index (Phi) is 7.18. The molecule has 0 amide bonds. The Hall–Kier alpha value is -6.19. The topological polar surface area (TPSA) is 38.7 Å². The first-order valence-electron chi connectivity index (χ1n) is 15.5. The van der Waals surface area contributed by atoms with Gasteiger partial charge >= 0.3 is 0 Å². The van der Waals surface area contributed by atoms with E-state index in [1.807, 2.05) is 60.7 Å². The van der Waals surface area contributed by atoms with E-state index >= 15 is 0 Å². The van der Waals surface area contributed by atoms with E-state index in [0.29, 0.717) is 17.5 Å². The molecule has 0 saturated heterocycles. The molecule has 0 atom stereocenters. The first-order chi connectivity index (χ1) is 22.8. The lowest BCUT2D eigenvalue weighted by molar-refractivity contribution is 1.07. The summed E-state index contributed by atoms with van der Waals surface area (Å²) in [5.74, 6) is 1.94. The van der Waals surface area contributed by atoms with Crippen LogP contribution in [-0.2, 0) is 0 Å². The molecule has 7 aromatic carbocycles. The predicted octanol–water partition coefficient (Wildman–Crippen LogP) is 11.0. The van der Waals surface area contributed by atoms with Crippen LogP contribution in [0.4, 0.5) is 0 Å². The molecule has 3 nitrogen and oxygen atoms in total. The zero-order valence-electron chi connectivity index (χ0n) is 25.1. The molecule has 3 heteroatoms. The lowest BCUT2D eigenvalue weighted by atomic mass is 9.86. The van der Waals surface area contributed by atoms with Crippen molar-refractivity contribution in [1.82, 2.24) is 15.0 Å². The number of fused-ring (bicyclic) bond motifs is 1. The Labute approximate surface area is 268 Å². The molecule has 0 bridgehead atoms. The third-order valence-electron chi connectivity index (χ3n) is 8.32. The maximum absolute atomic E-state index is 4.99. The molecule has 1 aromatic heterocycles. The van der Waals surface area contributed by atoms with E-state index < -0.39 is 0 Å². The molecule has 0 radical (unpaired) electrons. The highest BCUT2D eigenvalue weighted by Gasteiger charge is 2.17. The first kappa shape index (κ1) is 27.4. The van der Waals surface area contributed by atoms with Gasteiger partial charge < -0.3 is 0 Å². The van der Waals surface area contributed by atoms with E-state index in [-0.39, 0.29) is 0 Å². The summed E-state index contributed by atoms with van der Waals surface area (Å²) in [4.78, 5) is 14.9. The van der Waals surface area contributed by atoms with Gasteiger partial charge in [0.15, 0.2) is 17.5 Å². The van der Waals surface area contributed by atoms with E-state index in [1.165, 1.54) is 33.0 Å². The highest BCUT2D eigenvalue weighted by molar-refractivity contribution is 5.98. The molecular formula is C43H29N3. The number of benzene rings is 7. The van der Waals surface area contributed by atoms with E-state index in [0.717, 1.165) is 27.8 Å². The maximum atomic E-state index is 4.99. The van der Waals surface area contributed by atoms with Crippen LogP contribution in [0.25, 0.3) is 78.3 Å². The number of hydrogen-bond donors (Lipinski definition) is 0. The normalized spacial score (nSPS) is 11.0. The standard InChI is InChI=1S/C43H29N3/c1-4-15-31(16-5-1)38-24-13-25-39(40(38)36-27-26-30-14-10-11-21-34(30)28-36)35-22-12-23-37(29-35)43-45-41(32-17-6-2-7-18-32)44-42(46-43)33-19-8-3-9-20-33/h1-29H. The average Bonchev–Trinajstić information content (AvgIpc) is 3.15. The second-order valence-electron chi connectivity index (χ2n) is 11.3. The minimum atomic E-state index is 0.640. The van der Waals surface area contributed by atoms with Crippen LogP contribution < -0.4 is 0 Å². The number of nitrogens with zero attached hydrogens (tertiary/aromatic N) is 3. The molecule has 0 N–H and O–H groups in total. The molecular weight excluding hydrogens is 558 g/mol. The molecule has 8 aromatic rings. The van der Waals surface area contributed by atoms with Crippen molar-refractivity contribution in [3.8, 4) is 67.5 Å². The van der Waals surface area contributed by atoms with Gasteiger partial charge in [-0.1, -0.05) is 164 Å². The minimum Gasteiger partial charge on any atom is -0.208 e. The summed E-state index contributed by atoms with van der Waals surface area (Å²) in [6.07, 6.45) is 0. The molecule has 0 saturated carbocycles. The Morgan fingerprint density at radius 3 is 1.35 bits per heavy atom. The molecule has 0 aliphatic carbocycles. The van der Waals surface area contributed by atoms with Gasteiger partial charge in [-0.05, 0) is 56.3 Å². The molecule has 0 fully saturated rings. The van der Waals surface area contributed by atoms with Gasteiger partial charge in [-0.3, -0.25) is 0 Å². The van der Waals surface area contributed by atoms with Gasteiger partial charge in [-0.2, -0.15) is 0 Å². The van der Waals surface area contributed by atoms with Crippen LogP contribution in [0.2, 0.25) is 0 Å². The van der Waals surface area contributed by atoms with Gasteiger partial charge in [0.25, 0.3) is 0 Å². The van der Waals surface area contributed by atoms with Crippen LogP contribution in [0.3, 0.4) is 0 Å². The molecule has 0 unspecified atom stereocenters. The fourth-order valence-electron chi connectivity index (χ4n) is 6.07. The lowest BCUT2D eigenvalue weighted by Crippen LogP contribution is -2.00. The fraction of sp³-hybridized carbons (Fsp3) is 0. The predicted molar refractivity (Wildman–Crippen MR) is 190 cm³/mol. The van der Waals surface area contributed by atoms with Crippen LogP contribution >= 0.6 is 0 Å². The van der Waals surface area contributed by atoms with Gasteiger partial charge in [0.05, 0.1) is 0 Å². The van der Waals surface area contributed by atoms with E-state index in [4.69, 9.17) is 15.0 Å². The zero-order valence-corrected chi connectivity index (χ0v) is 25.1. The van der Waals surface area contributed by atoms with Crippen molar-refractivity contribution in [2.24, 2.45) is 0 Å². The van der Waals surface area contributed by atoms with Crippen LogP contribution in [0, 0.1) is 0 Å². The van der Waals surface area contributed by atoms with Gasteiger partial charge in [0.1, 0.15) is 0 Å². The highest BCUT2D eigenvalue weighted by Crippen LogP contribution is 2.41. The Morgan fingerprint density at radius 1 is 0.261 bits per heavy atom. The second kappa shape index (κ2) is 12.1. The fourth-order valence-corrected chi connectivity index (χ4v) is 6.07. The van der Waals surface area contributed by atoms with Gasteiger partial charge in [-0.15, -0.1) is 0 Å². The first-order valence-corrected chi connectivity index (χ1v) is 15.5. The van der Waals surface area contributed by atoms with Crippen molar-refractivity contribution in [3.63, 3.8) is 0 Å². The highest BCUT2D eigenvalue weighted by atomic mass is 15.0. The summed E-state index contributed by atoms with van der Waals surface area (Å²) in [7, 11) is 0. The summed E-state index contributed by atoms with van der Waals surface area (Å²) in [5.41, 5.74) is 9.84. The molecule has 0 aliphatic heterocycles. The largest absolute Gasteiger partial charge is 0.208 e. The summed E-state index contributed by atoms with van der Waals surface area (Å²) in [6.45, 7) is 0. The van der Waals surface area contributed by atoms with Crippen molar-refractivity contribution in [3.05, 3.63) is 176 Å². The van der Waals surface area contributed by atoms with Crippen molar-refractivity contribution in [2.45, 2.75) is 0 Å². The van der Waals surface area contributed by atoms with E-state index in [9.17, 15) is 0 Å². The maximum Gasteiger partial charge on any atom is 0.164 e. The molecule has 0 aliphatic rings. The monoisotopic (exact) mass is 587 g/mol. The third kappa shape index (κ3) is 5.36. The van der Waals surface area contributed by atoms with Crippen LogP contribution in [0.15, 0.2) is 176 Å². The van der Waals surface area contributed by atoms with E-state index in [1.54, 1.807) is 0 Å². The summed E-state index contributed by atoms with van der Waals surface area (Å²) >= 11 is 0. The van der Waals surface area contributed by atoms with Crippen LogP contribution in [0.1, 0.15) is 0 Å². The smallest absolute Gasteiger partial charge is 0.164 e. The summed E-state index contributed by atoms with van der Waals surface area (Å²) < 4.78 is 0. The summed E-state index contributed by atoms with van der Waals surface area (Å²) in [6, 6.07) is 61.2. The van der Waals surface area contributed by atoms with Crippen molar-refractivity contribution >= 4 is 10.8 Å². The van der Waals surface area contributed by atoms with Crippen molar-refractivity contribution < 1.29 is 0 Å². The molecule has 8 rings (SSSR count). The number of rotatable bonds is 6. The lowest BCUT2D eigenvalue weighted by Gasteiger charge is -2.17. The molecule has 1 heterocycles. The Bertz CT molecular complexity index is 2240. The Balaban J connectivity index is 1.32. The van der Waals surface area contributed by atoms with Gasteiger partial charge in [-0.25, -0.2) is 15.0 Å². The molecule has 216 valence electrons. The molecule has 46 heavy (non-hydrogen) atoms. The van der Waals surface area contributed by atoms with Crippen LogP contribution in [-0.4, -0.2) is 15.0 Å². The second-order valence-corrected chi connectivity index (χ2v) is 11.3. The number of aromatic nitrogens is 3. The third-order valence-corrected chi connectivity index (χ3v) is 8.32. The zero-order chi connectivity index (χ0) is 30.7. The summed E-state index contributed by atoms with van der Waals surface area (Å²) in [5, 5.41) is 2.44. The average molecular weight is 588 g/mol. The quantitative estimate of drug-likeness (QED) is 0.194. The van der Waals surface area contributed by atoms with Crippen molar-refractivity contribution in [2.75, 3.05) is 0 Å². The van der Waals surface area contributed by atoms with Crippen LogP contribution in [0.5, 0.6) is 0 Å². The minimum absolute atomic E-state index is 0.640. The van der Waals surface area contributed by atoms with E-state index in [2.05, 4.69) is 115 Å².